The van der Waals surface area contributed by atoms with Crippen LogP contribution in [0.5, 0.6) is 0 Å². The molecule has 5 rings (SSSR count). The molecular formula is C28H29FN6O. The fraction of sp³-hybridized carbons (Fsp3) is 0.286. The highest BCUT2D eigenvalue weighted by Crippen LogP contribution is 2.32. The van der Waals surface area contributed by atoms with Crippen LogP contribution in [0.25, 0.3) is 17.2 Å². The van der Waals surface area contributed by atoms with E-state index in [4.69, 9.17) is 5.10 Å². The number of rotatable bonds is 5. The summed E-state index contributed by atoms with van der Waals surface area (Å²) in [4.78, 5) is 23.9. The van der Waals surface area contributed by atoms with Crippen LogP contribution in [0.1, 0.15) is 49.8 Å². The van der Waals surface area contributed by atoms with E-state index in [0.29, 0.717) is 30.6 Å². The normalized spacial score (nSPS) is 15.8. The van der Waals surface area contributed by atoms with E-state index < -0.39 is 0 Å². The average Bonchev–Trinajstić information content (AvgIpc) is 3.35. The summed E-state index contributed by atoms with van der Waals surface area (Å²) in [6.45, 7) is 5.48. The van der Waals surface area contributed by atoms with Crippen LogP contribution in [0, 0.1) is 5.82 Å². The maximum Gasteiger partial charge on any atom is 0.321 e. The molecular weight excluding hydrogens is 455 g/mol. The van der Waals surface area contributed by atoms with Crippen LogP contribution >= 0.6 is 0 Å². The molecule has 0 aliphatic carbocycles. The Hall–Kier alpha value is -4.07. The fourth-order valence-corrected chi connectivity index (χ4v) is 4.72. The second kappa shape index (κ2) is 10.3. The van der Waals surface area contributed by atoms with Gasteiger partial charge in [0.15, 0.2) is 0 Å². The topological polar surface area (TPSA) is 75.9 Å². The Morgan fingerprint density at radius 1 is 1.06 bits per heavy atom. The minimum Gasteiger partial charge on any atom is -0.324 e. The third-order valence-electron chi connectivity index (χ3n) is 6.57. The van der Waals surface area contributed by atoms with E-state index in [0.717, 1.165) is 35.3 Å². The molecule has 7 nitrogen and oxygen atoms in total. The van der Waals surface area contributed by atoms with Crippen LogP contribution in [-0.4, -0.2) is 43.8 Å². The second-order valence-electron chi connectivity index (χ2n) is 9.38. The lowest BCUT2D eigenvalue weighted by Crippen LogP contribution is -2.42. The summed E-state index contributed by atoms with van der Waals surface area (Å²) in [7, 11) is 0. The highest BCUT2D eigenvalue weighted by Gasteiger charge is 2.29. The molecule has 1 fully saturated rings. The maximum atomic E-state index is 13.5. The van der Waals surface area contributed by atoms with Gasteiger partial charge < -0.3 is 10.2 Å². The molecule has 0 saturated carbocycles. The number of piperidine rings is 1. The number of para-hydroxylation sites is 1. The van der Waals surface area contributed by atoms with Gasteiger partial charge in [-0.25, -0.2) is 23.8 Å². The Morgan fingerprint density at radius 3 is 2.56 bits per heavy atom. The predicted molar refractivity (Wildman–Crippen MR) is 138 cm³/mol. The van der Waals surface area contributed by atoms with Gasteiger partial charge in [-0.3, -0.25) is 0 Å². The van der Waals surface area contributed by atoms with E-state index in [1.54, 1.807) is 35.3 Å². The van der Waals surface area contributed by atoms with Gasteiger partial charge in [-0.1, -0.05) is 32.0 Å². The molecule has 3 heterocycles. The molecule has 0 bridgehead atoms. The van der Waals surface area contributed by atoms with Gasteiger partial charge in [0.1, 0.15) is 5.82 Å². The number of nitrogens with zero attached hydrogens (tertiary/aromatic N) is 5. The van der Waals surface area contributed by atoms with Gasteiger partial charge in [0, 0.05) is 42.7 Å². The molecule has 4 aromatic rings. The van der Waals surface area contributed by atoms with E-state index in [-0.39, 0.29) is 17.8 Å². The van der Waals surface area contributed by atoms with Crippen molar-refractivity contribution in [2.75, 3.05) is 18.4 Å². The molecule has 2 aromatic carbocycles. The second-order valence-corrected chi connectivity index (χ2v) is 9.38. The molecule has 0 spiro atoms. The summed E-state index contributed by atoms with van der Waals surface area (Å²) in [6, 6.07) is 17.9. The smallest absolute Gasteiger partial charge is 0.321 e. The number of hydrogen-bond acceptors (Lipinski definition) is 4. The first-order valence-electron chi connectivity index (χ1n) is 12.3. The Labute approximate surface area is 210 Å². The SMILES string of the molecule is CC(C)c1ccccc1NC(=O)N1CCCC(c2cc(-c3ccc(F)cc3)nn2-c2ncccn2)C1. The van der Waals surface area contributed by atoms with E-state index in [1.807, 2.05) is 29.2 Å². The number of carbonyl (C=O) groups is 1. The highest BCUT2D eigenvalue weighted by atomic mass is 19.1. The van der Waals surface area contributed by atoms with E-state index >= 15 is 0 Å². The monoisotopic (exact) mass is 484 g/mol. The summed E-state index contributed by atoms with van der Waals surface area (Å²) in [5, 5.41) is 7.89. The molecule has 8 heteroatoms. The van der Waals surface area contributed by atoms with E-state index in [9.17, 15) is 9.18 Å². The highest BCUT2D eigenvalue weighted by molar-refractivity contribution is 5.90. The number of hydrogen-bond donors (Lipinski definition) is 1. The molecule has 1 aliphatic rings. The zero-order chi connectivity index (χ0) is 25.1. The minimum absolute atomic E-state index is 0.0512. The molecule has 1 N–H and O–H groups in total. The number of carbonyl (C=O) groups excluding carboxylic acids is 1. The van der Waals surface area contributed by atoms with Crippen molar-refractivity contribution >= 4 is 11.7 Å². The molecule has 1 atom stereocenters. The van der Waals surface area contributed by atoms with Gasteiger partial charge in [0.25, 0.3) is 5.95 Å². The quantitative estimate of drug-likeness (QED) is 0.377. The van der Waals surface area contributed by atoms with Crippen molar-refractivity contribution in [2.45, 2.75) is 38.5 Å². The van der Waals surface area contributed by atoms with Crippen LogP contribution in [0.3, 0.4) is 0 Å². The zero-order valence-corrected chi connectivity index (χ0v) is 20.4. The predicted octanol–water partition coefficient (Wildman–Crippen LogP) is 6.00. The largest absolute Gasteiger partial charge is 0.324 e. The van der Waals surface area contributed by atoms with Crippen molar-refractivity contribution in [1.29, 1.82) is 0 Å². The van der Waals surface area contributed by atoms with Crippen LogP contribution in [-0.2, 0) is 0 Å². The van der Waals surface area contributed by atoms with Crippen molar-refractivity contribution in [2.24, 2.45) is 0 Å². The standard InChI is InChI=1S/C28H29FN6O/c1-19(2)23-8-3-4-9-24(23)32-28(36)34-16-5-7-21(18-34)26-17-25(20-10-12-22(29)13-11-20)33-35(26)27-30-14-6-15-31-27/h3-4,6,8-15,17,19,21H,5,7,16,18H2,1-2H3,(H,32,36). The van der Waals surface area contributed by atoms with Crippen molar-refractivity contribution < 1.29 is 9.18 Å². The van der Waals surface area contributed by atoms with Gasteiger partial charge in [-0.05, 0) is 66.8 Å². The van der Waals surface area contributed by atoms with Crippen LogP contribution in [0.15, 0.2) is 73.1 Å². The number of aromatic nitrogens is 4. The molecule has 1 unspecified atom stereocenters. The number of anilines is 1. The van der Waals surface area contributed by atoms with Crippen molar-refractivity contribution in [3.63, 3.8) is 0 Å². The van der Waals surface area contributed by atoms with Gasteiger partial charge in [0.05, 0.1) is 11.4 Å². The number of urea groups is 1. The first-order chi connectivity index (χ1) is 17.5. The Balaban J connectivity index is 1.43. The molecule has 2 aromatic heterocycles. The van der Waals surface area contributed by atoms with Gasteiger partial charge in [-0.15, -0.1) is 0 Å². The number of amides is 2. The molecule has 2 amide bonds. The molecule has 36 heavy (non-hydrogen) atoms. The van der Waals surface area contributed by atoms with Gasteiger partial charge in [0.2, 0.25) is 0 Å². The summed E-state index contributed by atoms with van der Waals surface area (Å²) < 4.78 is 15.2. The Morgan fingerprint density at radius 2 is 1.81 bits per heavy atom. The molecule has 1 aliphatic heterocycles. The lowest BCUT2D eigenvalue weighted by Gasteiger charge is -2.33. The molecule has 0 radical (unpaired) electrons. The summed E-state index contributed by atoms with van der Waals surface area (Å²) >= 11 is 0. The van der Waals surface area contributed by atoms with Crippen molar-refractivity contribution in [3.8, 4) is 17.2 Å². The third-order valence-corrected chi connectivity index (χ3v) is 6.57. The van der Waals surface area contributed by atoms with Crippen LogP contribution in [0.2, 0.25) is 0 Å². The number of benzene rings is 2. The minimum atomic E-state index is -0.294. The van der Waals surface area contributed by atoms with Crippen LogP contribution < -0.4 is 5.32 Å². The summed E-state index contributed by atoms with van der Waals surface area (Å²) in [6.07, 6.45) is 5.14. The molecule has 1 saturated heterocycles. The Kier molecular flexibility index (Phi) is 6.75. The van der Waals surface area contributed by atoms with Gasteiger partial charge >= 0.3 is 6.03 Å². The van der Waals surface area contributed by atoms with Crippen LogP contribution in [0.4, 0.5) is 14.9 Å². The average molecular weight is 485 g/mol. The maximum absolute atomic E-state index is 13.5. The molecule has 184 valence electrons. The third kappa shape index (κ3) is 4.98. The Bertz CT molecular complexity index is 1340. The summed E-state index contributed by atoms with van der Waals surface area (Å²) in [5.74, 6) is 0.530. The number of nitrogens with one attached hydrogen (secondary N) is 1. The van der Waals surface area contributed by atoms with Gasteiger partial charge in [-0.2, -0.15) is 5.10 Å². The first-order valence-corrected chi connectivity index (χ1v) is 12.3. The zero-order valence-electron chi connectivity index (χ0n) is 20.4. The summed E-state index contributed by atoms with van der Waals surface area (Å²) in [5.41, 5.74) is 4.41. The van der Waals surface area contributed by atoms with Crippen molar-refractivity contribution in [1.82, 2.24) is 24.6 Å². The number of likely N-dealkylation sites (tertiary alicyclic amines) is 1. The van der Waals surface area contributed by atoms with E-state index in [2.05, 4.69) is 35.2 Å². The fourth-order valence-electron chi connectivity index (χ4n) is 4.72. The van der Waals surface area contributed by atoms with E-state index in [1.165, 1.54) is 12.1 Å². The first kappa shape index (κ1) is 23.7. The van der Waals surface area contributed by atoms with Crippen molar-refractivity contribution in [3.05, 3.63) is 90.1 Å². The number of halogens is 1. The lowest BCUT2D eigenvalue weighted by molar-refractivity contribution is 0.191. The lowest BCUT2D eigenvalue weighted by atomic mass is 9.94.